The summed E-state index contributed by atoms with van der Waals surface area (Å²) in [6.07, 6.45) is 3.62. The third kappa shape index (κ3) is 4.17. The van der Waals surface area contributed by atoms with Crippen molar-refractivity contribution >= 4 is 23.4 Å². The molecule has 1 aromatic rings. The van der Waals surface area contributed by atoms with Crippen LogP contribution in [-0.2, 0) is 4.79 Å². The van der Waals surface area contributed by atoms with E-state index in [1.807, 2.05) is 24.3 Å². The lowest BCUT2D eigenvalue weighted by Crippen LogP contribution is -2.44. The molecule has 4 heteroatoms. The first-order valence-corrected chi connectivity index (χ1v) is 8.32. The average molecular weight is 292 g/mol. The average Bonchev–Trinajstić information content (AvgIpc) is 2.43. The SMILES string of the molecule is CC1CCCC(NC(=O)CSc2ccc(N)cc2)C1C. The topological polar surface area (TPSA) is 55.1 Å². The Labute approximate surface area is 125 Å². The third-order valence-electron chi connectivity index (χ3n) is 4.30. The molecule has 0 aromatic heterocycles. The monoisotopic (exact) mass is 292 g/mol. The van der Waals surface area contributed by atoms with Crippen LogP contribution in [0, 0.1) is 11.8 Å². The standard InChI is InChI=1S/C16H24N2OS/c1-11-4-3-5-15(12(11)2)18-16(19)10-20-14-8-6-13(17)7-9-14/h6-9,11-12,15H,3-5,10,17H2,1-2H3,(H,18,19). The predicted octanol–water partition coefficient (Wildman–Crippen LogP) is 3.30. The number of hydrogen-bond acceptors (Lipinski definition) is 3. The molecule has 2 rings (SSSR count). The van der Waals surface area contributed by atoms with Crippen LogP contribution < -0.4 is 11.1 Å². The maximum Gasteiger partial charge on any atom is 0.230 e. The van der Waals surface area contributed by atoms with Gasteiger partial charge in [-0.15, -0.1) is 11.8 Å². The second-order valence-electron chi connectivity index (χ2n) is 5.80. The molecule has 0 spiro atoms. The molecular weight excluding hydrogens is 268 g/mol. The lowest BCUT2D eigenvalue weighted by molar-refractivity contribution is -0.119. The Morgan fingerprint density at radius 1 is 1.30 bits per heavy atom. The third-order valence-corrected chi connectivity index (χ3v) is 5.32. The molecular formula is C16H24N2OS. The molecule has 1 aromatic carbocycles. The van der Waals surface area contributed by atoms with Gasteiger partial charge in [-0.2, -0.15) is 0 Å². The molecule has 0 bridgehead atoms. The van der Waals surface area contributed by atoms with E-state index in [1.165, 1.54) is 12.8 Å². The zero-order chi connectivity index (χ0) is 14.5. The van der Waals surface area contributed by atoms with Crippen molar-refractivity contribution in [2.45, 2.75) is 44.0 Å². The number of hydrogen-bond donors (Lipinski definition) is 2. The van der Waals surface area contributed by atoms with Gasteiger partial charge in [-0.3, -0.25) is 4.79 Å². The van der Waals surface area contributed by atoms with E-state index in [4.69, 9.17) is 5.73 Å². The Morgan fingerprint density at radius 2 is 2.00 bits per heavy atom. The van der Waals surface area contributed by atoms with E-state index < -0.39 is 0 Å². The van der Waals surface area contributed by atoms with Gasteiger partial charge < -0.3 is 11.1 Å². The van der Waals surface area contributed by atoms with Crippen LogP contribution in [0.5, 0.6) is 0 Å². The quantitative estimate of drug-likeness (QED) is 0.661. The van der Waals surface area contributed by atoms with Crippen molar-refractivity contribution in [2.75, 3.05) is 11.5 Å². The molecule has 0 radical (unpaired) electrons. The summed E-state index contributed by atoms with van der Waals surface area (Å²) in [5, 5.41) is 3.20. The van der Waals surface area contributed by atoms with E-state index in [0.29, 0.717) is 23.6 Å². The summed E-state index contributed by atoms with van der Waals surface area (Å²) in [6, 6.07) is 7.99. The van der Waals surface area contributed by atoms with Crippen LogP contribution in [0.25, 0.3) is 0 Å². The van der Waals surface area contributed by atoms with Gasteiger partial charge in [0.15, 0.2) is 0 Å². The van der Waals surface area contributed by atoms with E-state index in [-0.39, 0.29) is 5.91 Å². The molecule has 3 N–H and O–H groups in total. The fourth-order valence-corrected chi connectivity index (χ4v) is 3.46. The van der Waals surface area contributed by atoms with Gasteiger partial charge in [-0.1, -0.05) is 26.7 Å². The highest BCUT2D eigenvalue weighted by atomic mass is 32.2. The smallest absolute Gasteiger partial charge is 0.230 e. The minimum Gasteiger partial charge on any atom is -0.399 e. The molecule has 20 heavy (non-hydrogen) atoms. The van der Waals surface area contributed by atoms with Gasteiger partial charge in [0.05, 0.1) is 5.75 Å². The predicted molar refractivity (Wildman–Crippen MR) is 85.7 cm³/mol. The number of anilines is 1. The summed E-state index contributed by atoms with van der Waals surface area (Å²) in [4.78, 5) is 13.1. The highest BCUT2D eigenvalue weighted by molar-refractivity contribution is 8.00. The number of nitrogen functional groups attached to an aromatic ring is 1. The fraction of sp³-hybridized carbons (Fsp3) is 0.562. The van der Waals surface area contributed by atoms with Crippen molar-refractivity contribution in [1.82, 2.24) is 5.32 Å². The largest absolute Gasteiger partial charge is 0.399 e. The van der Waals surface area contributed by atoms with Gasteiger partial charge >= 0.3 is 0 Å². The van der Waals surface area contributed by atoms with E-state index in [1.54, 1.807) is 11.8 Å². The molecule has 110 valence electrons. The normalized spacial score (nSPS) is 26.2. The number of nitrogens with one attached hydrogen (secondary N) is 1. The van der Waals surface area contributed by atoms with Crippen LogP contribution in [-0.4, -0.2) is 17.7 Å². The maximum absolute atomic E-state index is 12.0. The Kier molecular flexibility index (Phi) is 5.35. The molecule has 0 saturated heterocycles. The number of carbonyl (C=O) groups is 1. The molecule has 1 saturated carbocycles. The van der Waals surface area contributed by atoms with Gasteiger partial charge in [0, 0.05) is 16.6 Å². The first-order chi connectivity index (χ1) is 9.56. The summed E-state index contributed by atoms with van der Waals surface area (Å²) >= 11 is 1.56. The van der Waals surface area contributed by atoms with Gasteiger partial charge in [0.1, 0.15) is 0 Å². The molecule has 3 atom stereocenters. The van der Waals surface area contributed by atoms with Crippen LogP contribution in [0.3, 0.4) is 0 Å². The number of thioether (sulfide) groups is 1. The molecule has 1 amide bonds. The van der Waals surface area contributed by atoms with Gasteiger partial charge in [-0.25, -0.2) is 0 Å². The summed E-state index contributed by atoms with van der Waals surface area (Å²) < 4.78 is 0. The number of benzene rings is 1. The Bertz CT molecular complexity index is 446. The summed E-state index contributed by atoms with van der Waals surface area (Å²) in [7, 11) is 0. The zero-order valence-corrected chi connectivity index (χ0v) is 13.1. The molecule has 3 nitrogen and oxygen atoms in total. The highest BCUT2D eigenvalue weighted by Crippen LogP contribution is 2.29. The molecule has 0 aliphatic heterocycles. The van der Waals surface area contributed by atoms with Gasteiger partial charge in [-0.05, 0) is 42.5 Å². The second-order valence-corrected chi connectivity index (χ2v) is 6.85. The molecule has 0 heterocycles. The van der Waals surface area contributed by atoms with Gasteiger partial charge in [0.2, 0.25) is 5.91 Å². The number of carbonyl (C=O) groups excluding carboxylic acids is 1. The Morgan fingerprint density at radius 3 is 2.70 bits per heavy atom. The van der Waals surface area contributed by atoms with Crippen molar-refractivity contribution in [1.29, 1.82) is 0 Å². The second kappa shape index (κ2) is 7.02. The van der Waals surface area contributed by atoms with Crippen LogP contribution in [0.15, 0.2) is 29.2 Å². The number of rotatable bonds is 4. The van der Waals surface area contributed by atoms with Crippen LogP contribution in [0.4, 0.5) is 5.69 Å². The summed E-state index contributed by atoms with van der Waals surface area (Å²) in [5.74, 6) is 1.90. The van der Waals surface area contributed by atoms with Crippen molar-refractivity contribution in [3.63, 3.8) is 0 Å². The van der Waals surface area contributed by atoms with E-state index in [2.05, 4.69) is 19.2 Å². The highest BCUT2D eigenvalue weighted by Gasteiger charge is 2.27. The maximum atomic E-state index is 12.0. The van der Waals surface area contributed by atoms with E-state index in [9.17, 15) is 4.79 Å². The Balaban J connectivity index is 1.79. The van der Waals surface area contributed by atoms with Crippen molar-refractivity contribution in [3.05, 3.63) is 24.3 Å². The number of amides is 1. The van der Waals surface area contributed by atoms with Crippen LogP contribution >= 0.6 is 11.8 Å². The number of nitrogens with two attached hydrogens (primary N) is 1. The Hall–Kier alpha value is -1.16. The zero-order valence-electron chi connectivity index (χ0n) is 12.3. The van der Waals surface area contributed by atoms with E-state index in [0.717, 1.165) is 17.0 Å². The summed E-state index contributed by atoms with van der Waals surface area (Å²) in [6.45, 7) is 4.54. The van der Waals surface area contributed by atoms with Gasteiger partial charge in [0.25, 0.3) is 0 Å². The molecule has 1 aliphatic carbocycles. The summed E-state index contributed by atoms with van der Waals surface area (Å²) in [5.41, 5.74) is 6.40. The molecule has 1 aliphatic rings. The lowest BCUT2D eigenvalue weighted by Gasteiger charge is -2.34. The van der Waals surface area contributed by atoms with Crippen LogP contribution in [0.2, 0.25) is 0 Å². The molecule has 1 fully saturated rings. The fourth-order valence-electron chi connectivity index (χ4n) is 2.75. The van der Waals surface area contributed by atoms with Crippen molar-refractivity contribution < 1.29 is 4.79 Å². The molecule has 3 unspecified atom stereocenters. The van der Waals surface area contributed by atoms with Crippen LogP contribution in [0.1, 0.15) is 33.1 Å². The van der Waals surface area contributed by atoms with Crippen molar-refractivity contribution in [3.8, 4) is 0 Å². The first-order valence-electron chi connectivity index (χ1n) is 7.34. The minimum absolute atomic E-state index is 0.137. The minimum atomic E-state index is 0.137. The van der Waals surface area contributed by atoms with Crippen molar-refractivity contribution in [2.24, 2.45) is 11.8 Å². The lowest BCUT2D eigenvalue weighted by atomic mass is 9.78. The van der Waals surface area contributed by atoms with E-state index >= 15 is 0 Å². The first kappa shape index (κ1) is 15.2.